The van der Waals surface area contributed by atoms with Crippen molar-refractivity contribution >= 4 is 16.9 Å². The van der Waals surface area contributed by atoms with Gasteiger partial charge in [-0.05, 0) is 30.7 Å². The van der Waals surface area contributed by atoms with Crippen molar-refractivity contribution < 1.29 is 15.0 Å². The van der Waals surface area contributed by atoms with Crippen LogP contribution in [0.15, 0.2) is 24.4 Å². The van der Waals surface area contributed by atoms with Crippen LogP contribution in [0.1, 0.15) is 12.5 Å². The van der Waals surface area contributed by atoms with Gasteiger partial charge in [-0.25, -0.2) is 0 Å². The predicted molar refractivity (Wildman–Crippen MR) is 63.9 cm³/mol. The normalized spacial score (nSPS) is 14.7. The topological polar surface area (TPSA) is 99.3 Å². The molecule has 0 unspecified atom stereocenters. The van der Waals surface area contributed by atoms with Crippen molar-refractivity contribution in [3.8, 4) is 5.75 Å². The van der Waals surface area contributed by atoms with E-state index in [2.05, 4.69) is 4.98 Å². The molecule has 2 aromatic rings. The zero-order chi connectivity index (χ0) is 12.6. The number of nitrogens with one attached hydrogen (secondary N) is 1. The van der Waals surface area contributed by atoms with Crippen molar-refractivity contribution in [2.45, 2.75) is 18.9 Å². The van der Waals surface area contributed by atoms with Crippen LogP contribution in [-0.4, -0.2) is 26.7 Å². The Hall–Kier alpha value is -2.01. The highest BCUT2D eigenvalue weighted by Gasteiger charge is 2.29. The van der Waals surface area contributed by atoms with E-state index >= 15 is 0 Å². The van der Waals surface area contributed by atoms with Gasteiger partial charge in [0.15, 0.2) is 0 Å². The molecular weight excluding hydrogens is 220 g/mol. The first-order chi connectivity index (χ1) is 7.90. The molecule has 0 amide bonds. The van der Waals surface area contributed by atoms with Gasteiger partial charge in [0.2, 0.25) is 0 Å². The van der Waals surface area contributed by atoms with Crippen molar-refractivity contribution in [2.75, 3.05) is 0 Å². The number of rotatable bonds is 3. The van der Waals surface area contributed by atoms with E-state index in [1.54, 1.807) is 24.4 Å². The maximum Gasteiger partial charge on any atom is 0.323 e. The van der Waals surface area contributed by atoms with E-state index in [0.717, 1.165) is 16.5 Å². The standard InChI is InChI=1S/C12H14N2O3/c1-12(13,11(16)17)5-7-6-14-10-3-2-8(15)4-9(7)10/h2-4,6,14-15H,5,13H2,1H3,(H,16,17)/t12-/m0/s1. The maximum atomic E-state index is 11.0. The number of hydrogen-bond donors (Lipinski definition) is 4. The number of H-pyrrole nitrogens is 1. The first-order valence-corrected chi connectivity index (χ1v) is 5.21. The summed E-state index contributed by atoms with van der Waals surface area (Å²) in [5, 5.41) is 19.2. The number of benzene rings is 1. The lowest BCUT2D eigenvalue weighted by molar-refractivity contribution is -0.142. The van der Waals surface area contributed by atoms with Crippen LogP contribution < -0.4 is 5.73 Å². The van der Waals surface area contributed by atoms with Crippen molar-refractivity contribution in [1.29, 1.82) is 0 Å². The van der Waals surface area contributed by atoms with E-state index in [1.165, 1.54) is 6.92 Å². The average molecular weight is 234 g/mol. The number of nitrogens with two attached hydrogens (primary N) is 1. The molecule has 0 aliphatic rings. The molecule has 0 radical (unpaired) electrons. The molecule has 0 bridgehead atoms. The number of hydrogen-bond acceptors (Lipinski definition) is 3. The molecule has 0 saturated carbocycles. The molecule has 1 aromatic heterocycles. The Labute approximate surface area is 97.9 Å². The molecule has 0 spiro atoms. The summed E-state index contributed by atoms with van der Waals surface area (Å²) in [6.07, 6.45) is 1.92. The van der Waals surface area contributed by atoms with E-state index in [9.17, 15) is 9.90 Å². The maximum absolute atomic E-state index is 11.0. The van der Waals surface area contributed by atoms with Gasteiger partial charge in [0.05, 0.1) is 0 Å². The van der Waals surface area contributed by atoms with Crippen LogP contribution in [0.3, 0.4) is 0 Å². The van der Waals surface area contributed by atoms with Crippen LogP contribution in [0, 0.1) is 0 Å². The van der Waals surface area contributed by atoms with Gasteiger partial charge >= 0.3 is 5.97 Å². The Kier molecular flexibility index (Phi) is 2.55. The molecule has 5 N–H and O–H groups in total. The van der Waals surface area contributed by atoms with Crippen molar-refractivity contribution in [2.24, 2.45) is 5.73 Å². The van der Waals surface area contributed by atoms with Crippen LogP contribution in [0.5, 0.6) is 5.75 Å². The minimum absolute atomic E-state index is 0.146. The molecule has 0 aliphatic heterocycles. The zero-order valence-electron chi connectivity index (χ0n) is 9.40. The van der Waals surface area contributed by atoms with Crippen LogP contribution in [0.4, 0.5) is 0 Å². The predicted octanol–water partition coefficient (Wildman–Crippen LogP) is 1.22. The molecule has 0 fully saturated rings. The summed E-state index contributed by atoms with van der Waals surface area (Å²) in [6, 6.07) is 4.91. The van der Waals surface area contributed by atoms with Crippen molar-refractivity contribution in [3.63, 3.8) is 0 Å². The second-order valence-electron chi connectivity index (χ2n) is 4.44. The molecule has 2 rings (SSSR count). The Morgan fingerprint density at radius 3 is 2.88 bits per heavy atom. The number of phenolic OH excluding ortho intramolecular Hbond substituents is 1. The van der Waals surface area contributed by atoms with E-state index < -0.39 is 11.5 Å². The summed E-state index contributed by atoms with van der Waals surface area (Å²) in [4.78, 5) is 14.0. The number of phenols is 1. The SMILES string of the molecule is C[C@](N)(Cc1c[nH]c2ccc(O)cc12)C(=O)O. The fourth-order valence-electron chi connectivity index (χ4n) is 1.78. The van der Waals surface area contributed by atoms with Gasteiger partial charge in [-0.15, -0.1) is 0 Å². The number of fused-ring (bicyclic) bond motifs is 1. The number of carboxylic acid groups (broad SMARTS) is 1. The fraction of sp³-hybridized carbons (Fsp3) is 0.250. The molecule has 0 aliphatic carbocycles. The quantitative estimate of drug-likeness (QED) is 0.641. The summed E-state index contributed by atoms with van der Waals surface area (Å²) in [5.41, 5.74) is 6.01. The number of aromatic amines is 1. The highest BCUT2D eigenvalue weighted by molar-refractivity contribution is 5.86. The van der Waals surface area contributed by atoms with Crippen LogP contribution >= 0.6 is 0 Å². The van der Waals surface area contributed by atoms with Crippen molar-refractivity contribution in [1.82, 2.24) is 4.98 Å². The third-order valence-electron chi connectivity index (χ3n) is 2.80. The van der Waals surface area contributed by atoms with Crippen LogP contribution in [0.25, 0.3) is 10.9 Å². The Morgan fingerprint density at radius 1 is 1.53 bits per heavy atom. The molecule has 1 aromatic carbocycles. The first kappa shape index (κ1) is 11.5. The highest BCUT2D eigenvalue weighted by atomic mass is 16.4. The number of aromatic hydroxyl groups is 1. The lowest BCUT2D eigenvalue weighted by atomic mass is 9.94. The molecule has 0 saturated heterocycles. The van der Waals surface area contributed by atoms with Crippen LogP contribution in [-0.2, 0) is 11.2 Å². The Bertz CT molecular complexity index is 572. The number of carbonyl (C=O) groups is 1. The third-order valence-corrected chi connectivity index (χ3v) is 2.80. The van der Waals surface area contributed by atoms with Gasteiger partial charge in [-0.3, -0.25) is 4.79 Å². The van der Waals surface area contributed by atoms with Crippen molar-refractivity contribution in [3.05, 3.63) is 30.0 Å². The fourth-order valence-corrected chi connectivity index (χ4v) is 1.78. The summed E-state index contributed by atoms with van der Waals surface area (Å²) in [7, 11) is 0. The van der Waals surface area contributed by atoms with E-state index in [1.807, 2.05) is 0 Å². The largest absolute Gasteiger partial charge is 0.508 e. The lowest BCUT2D eigenvalue weighted by Crippen LogP contribution is -2.46. The van der Waals surface area contributed by atoms with Gasteiger partial charge in [-0.1, -0.05) is 0 Å². The van der Waals surface area contributed by atoms with Gasteiger partial charge in [0.25, 0.3) is 0 Å². The minimum Gasteiger partial charge on any atom is -0.508 e. The Morgan fingerprint density at radius 2 is 2.24 bits per heavy atom. The second-order valence-corrected chi connectivity index (χ2v) is 4.44. The summed E-state index contributed by atoms with van der Waals surface area (Å²) < 4.78 is 0. The van der Waals surface area contributed by atoms with Gasteiger partial charge < -0.3 is 20.9 Å². The number of aromatic nitrogens is 1. The summed E-state index contributed by atoms with van der Waals surface area (Å²) in [6.45, 7) is 1.47. The average Bonchev–Trinajstić information content (AvgIpc) is 2.60. The lowest BCUT2D eigenvalue weighted by Gasteiger charge is -2.18. The molecule has 90 valence electrons. The highest BCUT2D eigenvalue weighted by Crippen LogP contribution is 2.25. The summed E-state index contributed by atoms with van der Waals surface area (Å²) >= 11 is 0. The number of carboxylic acids is 1. The van der Waals surface area contributed by atoms with E-state index in [-0.39, 0.29) is 12.2 Å². The Balaban J connectivity index is 2.43. The zero-order valence-corrected chi connectivity index (χ0v) is 9.40. The molecule has 17 heavy (non-hydrogen) atoms. The first-order valence-electron chi connectivity index (χ1n) is 5.21. The molecule has 1 heterocycles. The molecule has 5 nitrogen and oxygen atoms in total. The minimum atomic E-state index is -1.32. The molecular formula is C12H14N2O3. The van der Waals surface area contributed by atoms with Crippen LogP contribution in [0.2, 0.25) is 0 Å². The smallest absolute Gasteiger partial charge is 0.323 e. The second kappa shape index (κ2) is 3.78. The van der Waals surface area contributed by atoms with Gasteiger partial charge in [-0.2, -0.15) is 0 Å². The molecule has 5 heteroatoms. The molecule has 1 atom stereocenters. The van der Waals surface area contributed by atoms with Gasteiger partial charge in [0, 0.05) is 23.5 Å². The third kappa shape index (κ3) is 2.09. The summed E-state index contributed by atoms with van der Waals surface area (Å²) in [5.74, 6) is -0.903. The van der Waals surface area contributed by atoms with E-state index in [4.69, 9.17) is 10.8 Å². The monoisotopic (exact) mass is 234 g/mol. The van der Waals surface area contributed by atoms with Gasteiger partial charge in [0.1, 0.15) is 11.3 Å². The number of aliphatic carboxylic acids is 1. The van der Waals surface area contributed by atoms with E-state index in [0.29, 0.717) is 0 Å².